The van der Waals surface area contributed by atoms with E-state index in [1.54, 1.807) is 6.08 Å². The molecule has 2 aromatic heterocycles. The van der Waals surface area contributed by atoms with Gasteiger partial charge in [0.15, 0.2) is 5.65 Å². The van der Waals surface area contributed by atoms with Gasteiger partial charge in [-0.25, -0.2) is 4.79 Å². The second-order valence-electron chi connectivity index (χ2n) is 16.0. The minimum Gasteiger partial charge on any atom is -0.492 e. The molecule has 7 rings (SSSR count). The molecule has 12 heteroatoms. The summed E-state index contributed by atoms with van der Waals surface area (Å²) < 4.78 is 14.8. The molecule has 2 fully saturated rings. The van der Waals surface area contributed by atoms with E-state index >= 15 is 0 Å². The van der Waals surface area contributed by atoms with Crippen LogP contribution in [0.1, 0.15) is 95.9 Å². The number of likely N-dealkylation sites (tertiary alicyclic amines) is 1. The molecule has 12 nitrogen and oxygen atoms in total. The summed E-state index contributed by atoms with van der Waals surface area (Å²) in [6.45, 7) is 13.0. The number of amides is 2. The number of quaternary nitrogens is 1. The Balaban J connectivity index is 1.02. The van der Waals surface area contributed by atoms with Gasteiger partial charge in [0.1, 0.15) is 29.9 Å². The van der Waals surface area contributed by atoms with E-state index in [4.69, 9.17) is 14.9 Å². The molecular weight excluding hydrogens is 679 g/mol. The first-order valence-corrected chi connectivity index (χ1v) is 19.7. The Bertz CT molecular complexity index is 1960. The molecule has 3 aliphatic rings. The Labute approximate surface area is 318 Å². The Morgan fingerprint density at radius 1 is 0.944 bits per heavy atom. The minimum absolute atomic E-state index is 0.172. The number of nitrogens with two attached hydrogens (primary N) is 1. The third kappa shape index (κ3) is 9.05. The Morgan fingerprint density at radius 2 is 1.74 bits per heavy atom. The molecule has 2 aromatic carbocycles. The van der Waals surface area contributed by atoms with Crippen molar-refractivity contribution in [1.29, 1.82) is 5.41 Å². The van der Waals surface area contributed by atoms with Gasteiger partial charge in [0.05, 0.1) is 12.2 Å². The summed E-state index contributed by atoms with van der Waals surface area (Å²) in [6.07, 6.45) is 11.1. The van der Waals surface area contributed by atoms with Crippen LogP contribution in [-0.4, -0.2) is 70.1 Å². The topological polar surface area (TPSA) is 137 Å². The number of hydrogen-bond acceptors (Lipinski definition) is 8. The van der Waals surface area contributed by atoms with Crippen molar-refractivity contribution in [3.8, 4) is 11.5 Å². The third-order valence-corrected chi connectivity index (χ3v) is 10.9. The molecule has 0 spiro atoms. The monoisotopic (exact) mass is 734 g/mol. The van der Waals surface area contributed by atoms with Crippen LogP contribution in [0.2, 0.25) is 0 Å². The van der Waals surface area contributed by atoms with Crippen LogP contribution in [0.15, 0.2) is 78.8 Å². The molecular formula is C42H56N9O3+. The van der Waals surface area contributed by atoms with Crippen molar-refractivity contribution in [3.05, 3.63) is 89.9 Å². The SMILES string of the molecule is CC1CCCCN1c1nnc2ccc(OC3CCC(NC(=O)NC(=CC(=N)C(C)(C)C)[NH2+]c4cccc(OCCN5CCCC5)c4)c4ccccc43)cn12. The summed E-state index contributed by atoms with van der Waals surface area (Å²) >= 11 is 0. The average molecular weight is 735 g/mol. The Kier molecular flexibility index (Phi) is 11.5. The van der Waals surface area contributed by atoms with E-state index in [1.807, 2.05) is 85.2 Å². The number of hydrogen-bond donors (Lipinski definition) is 4. The zero-order valence-electron chi connectivity index (χ0n) is 32.2. The Morgan fingerprint density at radius 3 is 2.54 bits per heavy atom. The van der Waals surface area contributed by atoms with Gasteiger partial charge in [0.2, 0.25) is 11.8 Å². The van der Waals surface area contributed by atoms with Gasteiger partial charge in [0.25, 0.3) is 0 Å². The fraction of sp³-hybridized carbons (Fsp3) is 0.476. The number of fused-ring (bicyclic) bond motifs is 2. The predicted molar refractivity (Wildman–Crippen MR) is 212 cm³/mol. The van der Waals surface area contributed by atoms with Crippen LogP contribution in [0.4, 0.5) is 16.4 Å². The zero-order chi connectivity index (χ0) is 37.7. The zero-order valence-corrected chi connectivity index (χ0v) is 32.2. The number of carbonyl (C=O) groups is 1. The van der Waals surface area contributed by atoms with Crippen LogP contribution in [0.5, 0.6) is 11.5 Å². The molecule has 0 bridgehead atoms. The standard InChI is InChI=1S/C42H55N9O3/c1-29-12-7-8-23-50(29)41-48-47-39-20-17-32(28-51(39)41)54-36-19-18-35(33-15-5-6-16-34(33)36)45-40(52)46-38(27-37(43)42(2,3)4)44-30-13-11-14-31(26-30)53-25-24-49-21-9-10-22-49/h5-6,11,13-17,20,26-29,35-36,43-44H,7-10,12,18-19,21-25H2,1-4H3,(H2,45,46,52)/p+1. The first-order chi connectivity index (χ1) is 26.1. The van der Waals surface area contributed by atoms with E-state index in [0.717, 1.165) is 85.4 Å². The number of allylic oxidation sites excluding steroid dienone is 1. The van der Waals surface area contributed by atoms with Crippen molar-refractivity contribution >= 4 is 29.0 Å². The van der Waals surface area contributed by atoms with E-state index in [2.05, 4.69) is 49.7 Å². The lowest BCUT2D eigenvalue weighted by Gasteiger charge is -2.33. The number of benzene rings is 2. The highest BCUT2D eigenvalue weighted by molar-refractivity contribution is 5.97. The van der Waals surface area contributed by atoms with E-state index in [1.165, 1.54) is 19.3 Å². The molecule has 5 N–H and O–H groups in total. The summed E-state index contributed by atoms with van der Waals surface area (Å²) in [5.74, 6) is 2.94. The van der Waals surface area contributed by atoms with Crippen molar-refractivity contribution in [2.24, 2.45) is 5.41 Å². The van der Waals surface area contributed by atoms with Crippen LogP contribution in [0.25, 0.3) is 5.65 Å². The normalized spacial score (nSPS) is 20.8. The lowest BCUT2D eigenvalue weighted by molar-refractivity contribution is -0.522. The van der Waals surface area contributed by atoms with Gasteiger partial charge in [-0.15, -0.1) is 10.2 Å². The second-order valence-corrected chi connectivity index (χ2v) is 16.0. The fourth-order valence-corrected chi connectivity index (χ4v) is 7.69. The van der Waals surface area contributed by atoms with Gasteiger partial charge in [0, 0.05) is 42.4 Å². The molecule has 0 radical (unpaired) electrons. The van der Waals surface area contributed by atoms with Gasteiger partial charge in [-0.2, -0.15) is 0 Å². The van der Waals surface area contributed by atoms with Crippen LogP contribution >= 0.6 is 0 Å². The quantitative estimate of drug-likeness (QED) is 0.0947. The molecule has 2 aliphatic heterocycles. The van der Waals surface area contributed by atoms with Crippen molar-refractivity contribution in [1.82, 2.24) is 30.1 Å². The highest BCUT2D eigenvalue weighted by Crippen LogP contribution is 2.39. The number of nitrogens with one attached hydrogen (secondary N) is 3. The number of ether oxygens (including phenoxy) is 2. The van der Waals surface area contributed by atoms with Gasteiger partial charge < -0.3 is 25.1 Å². The van der Waals surface area contributed by atoms with E-state index < -0.39 is 0 Å². The lowest BCUT2D eigenvalue weighted by Crippen LogP contribution is -2.79. The van der Waals surface area contributed by atoms with Crippen molar-refractivity contribution in [3.63, 3.8) is 0 Å². The van der Waals surface area contributed by atoms with Crippen molar-refractivity contribution < 1.29 is 19.6 Å². The number of carbonyl (C=O) groups excluding carboxylic acids is 1. The predicted octanol–water partition coefficient (Wildman–Crippen LogP) is 6.64. The molecule has 54 heavy (non-hydrogen) atoms. The van der Waals surface area contributed by atoms with E-state index in [-0.39, 0.29) is 23.6 Å². The van der Waals surface area contributed by atoms with E-state index in [9.17, 15) is 4.79 Å². The Hall–Kier alpha value is -4.94. The highest BCUT2D eigenvalue weighted by atomic mass is 16.5. The minimum atomic E-state index is -0.387. The summed E-state index contributed by atoms with van der Waals surface area (Å²) in [6, 6.07) is 19.9. The molecule has 1 aliphatic carbocycles. The summed E-state index contributed by atoms with van der Waals surface area (Å²) in [5, 5.41) is 25.9. The van der Waals surface area contributed by atoms with Gasteiger partial charge in [-0.3, -0.25) is 19.9 Å². The number of anilines is 1. The van der Waals surface area contributed by atoms with Crippen LogP contribution in [0.3, 0.4) is 0 Å². The van der Waals surface area contributed by atoms with Crippen LogP contribution in [0, 0.1) is 10.8 Å². The average Bonchev–Trinajstić information content (AvgIpc) is 3.83. The molecule has 2 amide bonds. The molecule has 4 aromatic rings. The lowest BCUT2D eigenvalue weighted by atomic mass is 9.85. The number of rotatable bonds is 12. The maximum absolute atomic E-state index is 13.7. The molecule has 3 atom stereocenters. The summed E-state index contributed by atoms with van der Waals surface area (Å²) in [7, 11) is 0. The maximum atomic E-state index is 13.7. The van der Waals surface area contributed by atoms with Crippen LogP contribution in [-0.2, 0) is 0 Å². The maximum Gasteiger partial charge on any atom is 0.323 e. The summed E-state index contributed by atoms with van der Waals surface area (Å²) in [4.78, 5) is 18.5. The molecule has 3 unspecified atom stereocenters. The van der Waals surface area contributed by atoms with Gasteiger partial charge >= 0.3 is 6.03 Å². The third-order valence-electron chi connectivity index (χ3n) is 10.9. The smallest absolute Gasteiger partial charge is 0.323 e. The second kappa shape index (κ2) is 16.6. The van der Waals surface area contributed by atoms with Crippen LogP contribution < -0.4 is 30.3 Å². The van der Waals surface area contributed by atoms with Gasteiger partial charge in [-0.1, -0.05) is 51.1 Å². The number of nitrogens with zero attached hydrogens (tertiary/aromatic N) is 5. The molecule has 2 saturated heterocycles. The summed E-state index contributed by atoms with van der Waals surface area (Å²) in [5.41, 5.74) is 3.80. The first kappa shape index (κ1) is 37.4. The van der Waals surface area contributed by atoms with Gasteiger partial charge in [-0.05, 0) is 100 Å². The fourth-order valence-electron chi connectivity index (χ4n) is 7.69. The largest absolute Gasteiger partial charge is 0.492 e. The molecule has 286 valence electrons. The van der Waals surface area contributed by atoms with E-state index in [0.29, 0.717) is 30.6 Å². The first-order valence-electron chi connectivity index (χ1n) is 19.7. The number of urea groups is 1. The number of pyridine rings is 1. The number of piperidine rings is 1. The highest BCUT2D eigenvalue weighted by Gasteiger charge is 2.31. The van der Waals surface area contributed by atoms with Crippen molar-refractivity contribution in [2.45, 2.75) is 90.8 Å². The molecule has 0 saturated carbocycles. The number of aromatic nitrogens is 3. The molecule has 4 heterocycles. The van der Waals surface area contributed by atoms with Crippen molar-refractivity contribution in [2.75, 3.05) is 37.7 Å².